The van der Waals surface area contributed by atoms with Gasteiger partial charge in [-0.1, -0.05) is 19.6 Å². The second kappa shape index (κ2) is 8.33. The molecule has 0 spiro atoms. The molecule has 1 aliphatic heterocycles. The molecule has 7 nitrogen and oxygen atoms in total. The van der Waals surface area contributed by atoms with Crippen molar-refractivity contribution in [2.75, 3.05) is 7.11 Å². The second-order valence-corrected chi connectivity index (χ2v) is 5.69. The minimum absolute atomic E-state index is 0.174. The van der Waals surface area contributed by atoms with Gasteiger partial charge in [-0.3, -0.25) is 4.79 Å². The van der Waals surface area contributed by atoms with Crippen LogP contribution in [0.1, 0.15) is 25.8 Å². The highest BCUT2D eigenvalue weighted by Crippen LogP contribution is 2.25. The monoisotopic (exact) mass is 357 g/mol. The van der Waals surface area contributed by atoms with E-state index in [2.05, 4.69) is 16.9 Å². The Bertz CT molecular complexity index is 783. The summed E-state index contributed by atoms with van der Waals surface area (Å²) in [6, 6.07) is 4.42. The molecule has 0 unspecified atom stereocenters. The first-order chi connectivity index (χ1) is 12.4. The van der Waals surface area contributed by atoms with Gasteiger partial charge in [0.2, 0.25) is 5.88 Å². The van der Waals surface area contributed by atoms with Crippen LogP contribution in [-0.4, -0.2) is 36.2 Å². The Morgan fingerprint density at radius 3 is 2.73 bits per heavy atom. The van der Waals surface area contributed by atoms with Crippen LogP contribution in [0.4, 0.5) is 4.79 Å². The zero-order valence-corrected chi connectivity index (χ0v) is 15.4. The van der Waals surface area contributed by atoms with Crippen molar-refractivity contribution >= 4 is 18.2 Å². The molecule has 0 aliphatic carbocycles. The number of aliphatic imine (C=N–C) groups is 1. The maximum atomic E-state index is 12.2. The highest BCUT2D eigenvalue weighted by atomic mass is 16.5. The average molecular weight is 357 g/mol. The Morgan fingerprint density at radius 2 is 2.15 bits per heavy atom. The number of imide groups is 1. The summed E-state index contributed by atoms with van der Waals surface area (Å²) in [6.45, 7) is 9.27. The lowest BCUT2D eigenvalue weighted by Gasteiger charge is -2.12. The highest BCUT2D eigenvalue weighted by Gasteiger charge is 2.37. The third kappa shape index (κ3) is 4.11. The van der Waals surface area contributed by atoms with E-state index in [-0.39, 0.29) is 11.6 Å². The summed E-state index contributed by atoms with van der Waals surface area (Å²) in [5.74, 6) is 1.23. The van der Waals surface area contributed by atoms with Gasteiger partial charge in [-0.25, -0.2) is 14.7 Å². The van der Waals surface area contributed by atoms with E-state index in [0.717, 1.165) is 10.5 Å². The number of hydrogen-bond donors (Lipinski definition) is 1. The fraction of sp³-hybridized carbons (Fsp3) is 0.316. The summed E-state index contributed by atoms with van der Waals surface area (Å²) in [5, 5.41) is 2.60. The van der Waals surface area contributed by atoms with Crippen LogP contribution in [0.2, 0.25) is 0 Å². The smallest absolute Gasteiger partial charge is 0.329 e. The SMILES string of the molecule is C=C(C=N/C(=C\C)Oc1ccc(C)c(OC)c1)N1C(=O)N[C@@H](CC)C1=O. The number of carbonyl (C=O) groups excluding carboxylic acids is 2. The van der Waals surface area contributed by atoms with Crippen LogP contribution in [0, 0.1) is 6.92 Å². The van der Waals surface area contributed by atoms with Crippen molar-refractivity contribution in [3.63, 3.8) is 0 Å². The molecule has 26 heavy (non-hydrogen) atoms. The van der Waals surface area contributed by atoms with Crippen molar-refractivity contribution in [1.82, 2.24) is 10.2 Å². The molecule has 0 bridgehead atoms. The Morgan fingerprint density at radius 1 is 1.42 bits per heavy atom. The molecule has 2 rings (SSSR count). The minimum atomic E-state index is -0.523. The van der Waals surface area contributed by atoms with E-state index in [0.29, 0.717) is 23.8 Å². The summed E-state index contributed by atoms with van der Waals surface area (Å²) < 4.78 is 11.0. The van der Waals surface area contributed by atoms with E-state index in [1.54, 1.807) is 32.2 Å². The molecule has 0 radical (unpaired) electrons. The number of benzene rings is 1. The molecular formula is C19H23N3O4. The molecule has 0 aromatic heterocycles. The zero-order chi connectivity index (χ0) is 19.3. The Balaban J connectivity index is 2.09. The quantitative estimate of drug-likeness (QED) is 0.462. The third-order valence-corrected chi connectivity index (χ3v) is 3.90. The van der Waals surface area contributed by atoms with Crippen molar-refractivity contribution in [2.45, 2.75) is 33.2 Å². The third-order valence-electron chi connectivity index (χ3n) is 3.90. The molecule has 1 saturated heterocycles. The van der Waals surface area contributed by atoms with Crippen LogP contribution in [-0.2, 0) is 4.79 Å². The molecule has 0 saturated carbocycles. The molecule has 1 aromatic rings. The predicted molar refractivity (Wildman–Crippen MR) is 99.2 cm³/mol. The largest absolute Gasteiger partial charge is 0.496 e. The van der Waals surface area contributed by atoms with Gasteiger partial charge in [0, 0.05) is 6.07 Å². The van der Waals surface area contributed by atoms with E-state index in [9.17, 15) is 9.59 Å². The van der Waals surface area contributed by atoms with Crippen LogP contribution in [0.5, 0.6) is 11.5 Å². The van der Waals surface area contributed by atoms with Gasteiger partial charge in [-0.15, -0.1) is 0 Å². The van der Waals surface area contributed by atoms with Crippen LogP contribution >= 0.6 is 0 Å². The Hall–Kier alpha value is -3.09. The van der Waals surface area contributed by atoms with E-state index in [1.165, 1.54) is 6.21 Å². The first-order valence-electron chi connectivity index (χ1n) is 8.27. The Kier molecular flexibility index (Phi) is 6.16. The number of amides is 3. The number of carbonyl (C=O) groups is 2. The first-order valence-corrected chi connectivity index (χ1v) is 8.27. The number of allylic oxidation sites excluding steroid dienone is 2. The lowest BCUT2D eigenvalue weighted by molar-refractivity contribution is -0.125. The number of urea groups is 1. The molecule has 1 aliphatic rings. The maximum Gasteiger partial charge on any atom is 0.329 e. The number of rotatable bonds is 7. The van der Waals surface area contributed by atoms with Crippen molar-refractivity contribution in [2.24, 2.45) is 4.99 Å². The predicted octanol–water partition coefficient (Wildman–Crippen LogP) is 3.16. The number of methoxy groups -OCH3 is 1. The summed E-state index contributed by atoms with van der Waals surface area (Å²) >= 11 is 0. The maximum absolute atomic E-state index is 12.2. The van der Waals surface area contributed by atoms with Crippen LogP contribution < -0.4 is 14.8 Å². The summed E-state index contributed by atoms with van der Waals surface area (Å²) in [6.07, 6.45) is 3.51. The summed E-state index contributed by atoms with van der Waals surface area (Å²) in [5.41, 5.74) is 1.16. The van der Waals surface area contributed by atoms with Crippen molar-refractivity contribution < 1.29 is 19.1 Å². The number of nitrogens with zero attached hydrogens (tertiary/aromatic N) is 2. The molecule has 1 N–H and O–H groups in total. The number of hydrogen-bond acceptors (Lipinski definition) is 5. The van der Waals surface area contributed by atoms with Gasteiger partial charge in [-0.2, -0.15) is 0 Å². The topological polar surface area (TPSA) is 80.2 Å². The first kappa shape index (κ1) is 19.2. The molecule has 1 heterocycles. The molecule has 1 aromatic carbocycles. The van der Waals surface area contributed by atoms with Crippen molar-refractivity contribution in [1.29, 1.82) is 0 Å². The van der Waals surface area contributed by atoms with Crippen molar-refractivity contribution in [3.05, 3.63) is 48.0 Å². The fourth-order valence-corrected chi connectivity index (χ4v) is 2.42. The normalized spacial score (nSPS) is 17.6. The lowest BCUT2D eigenvalue weighted by atomic mass is 10.2. The Labute approximate surface area is 153 Å². The summed E-state index contributed by atoms with van der Waals surface area (Å²) in [7, 11) is 1.59. The molecule has 1 atom stereocenters. The number of ether oxygens (including phenoxy) is 2. The molecule has 3 amide bonds. The van der Waals surface area contributed by atoms with Gasteiger partial charge in [-0.05, 0) is 38.0 Å². The number of aryl methyl sites for hydroxylation is 1. The van der Waals surface area contributed by atoms with Gasteiger partial charge >= 0.3 is 6.03 Å². The molecular weight excluding hydrogens is 334 g/mol. The molecule has 1 fully saturated rings. The van der Waals surface area contributed by atoms with Gasteiger partial charge in [0.1, 0.15) is 17.5 Å². The van der Waals surface area contributed by atoms with Crippen LogP contribution in [0.25, 0.3) is 0 Å². The van der Waals surface area contributed by atoms with Gasteiger partial charge < -0.3 is 14.8 Å². The zero-order valence-electron chi connectivity index (χ0n) is 15.4. The second-order valence-electron chi connectivity index (χ2n) is 5.69. The molecule has 138 valence electrons. The lowest BCUT2D eigenvalue weighted by Crippen LogP contribution is -2.30. The van der Waals surface area contributed by atoms with E-state index in [4.69, 9.17) is 9.47 Å². The highest BCUT2D eigenvalue weighted by molar-refractivity contribution is 6.09. The summed E-state index contributed by atoms with van der Waals surface area (Å²) in [4.78, 5) is 29.2. The van der Waals surface area contributed by atoms with Crippen LogP contribution in [0.15, 0.2) is 47.4 Å². The standard InChI is InChI=1S/C19H23N3O4/c1-6-15-18(23)22(19(24)21-15)13(4)11-20-17(7-2)26-14-9-8-12(3)16(10-14)25-5/h7-11,15H,4,6H2,1-3,5H3,(H,21,24)/b17-7+,20-11?/t15-/m0/s1. The van der Waals surface area contributed by atoms with E-state index in [1.807, 2.05) is 19.9 Å². The van der Waals surface area contributed by atoms with Gasteiger partial charge in [0.15, 0.2) is 0 Å². The molecule has 7 heteroatoms. The average Bonchev–Trinajstić information content (AvgIpc) is 2.93. The van der Waals surface area contributed by atoms with Crippen LogP contribution in [0.3, 0.4) is 0 Å². The van der Waals surface area contributed by atoms with Gasteiger partial charge in [0.25, 0.3) is 5.91 Å². The van der Waals surface area contributed by atoms with Crippen molar-refractivity contribution in [3.8, 4) is 11.5 Å². The number of nitrogens with one attached hydrogen (secondary N) is 1. The van der Waals surface area contributed by atoms with Gasteiger partial charge in [0.05, 0.1) is 19.0 Å². The van der Waals surface area contributed by atoms with E-state index < -0.39 is 12.1 Å². The minimum Gasteiger partial charge on any atom is -0.496 e. The van der Waals surface area contributed by atoms with E-state index >= 15 is 0 Å². The fourth-order valence-electron chi connectivity index (χ4n) is 2.42.